The maximum absolute atomic E-state index is 12.4. The van der Waals surface area contributed by atoms with E-state index in [0.717, 1.165) is 5.69 Å². The maximum Gasteiger partial charge on any atom is 0.323 e. The fourth-order valence-electron chi connectivity index (χ4n) is 2.12. The van der Waals surface area contributed by atoms with Gasteiger partial charge in [-0.15, -0.1) is 0 Å². The first-order valence-corrected chi connectivity index (χ1v) is 6.82. The van der Waals surface area contributed by atoms with E-state index >= 15 is 0 Å². The van der Waals surface area contributed by atoms with E-state index in [1.54, 1.807) is 6.07 Å². The molecule has 0 bridgehead atoms. The van der Waals surface area contributed by atoms with Crippen molar-refractivity contribution in [3.05, 3.63) is 23.5 Å². The number of pyridine rings is 1. The van der Waals surface area contributed by atoms with Crippen LogP contribution in [0.3, 0.4) is 0 Å². The molecule has 0 radical (unpaired) electrons. The number of hydrogen-bond donors (Lipinski definition) is 1. The number of aliphatic carboxylic acids is 1. The van der Waals surface area contributed by atoms with E-state index in [0.29, 0.717) is 36.0 Å². The van der Waals surface area contributed by atoms with Crippen molar-refractivity contribution < 1.29 is 19.2 Å². The molecule has 112 valence electrons. The number of aryl methyl sites for hydroxylation is 1. The van der Waals surface area contributed by atoms with Gasteiger partial charge in [-0.25, -0.2) is 4.98 Å². The van der Waals surface area contributed by atoms with Gasteiger partial charge in [0.05, 0.1) is 16.6 Å². The van der Waals surface area contributed by atoms with E-state index in [1.165, 1.54) is 11.1 Å². The van der Waals surface area contributed by atoms with Crippen molar-refractivity contribution >= 4 is 23.0 Å². The Bertz CT molecular complexity index is 665. The van der Waals surface area contributed by atoms with Gasteiger partial charge in [-0.05, 0) is 18.9 Å². The highest BCUT2D eigenvalue weighted by Crippen LogP contribution is 2.19. The molecule has 7 nitrogen and oxygen atoms in total. The number of nitrogens with zero attached hydrogens (tertiary/aromatic N) is 3. The summed E-state index contributed by atoms with van der Waals surface area (Å²) in [5, 5.41) is 13.5. The minimum atomic E-state index is -1.04. The van der Waals surface area contributed by atoms with E-state index < -0.39 is 5.97 Å². The summed E-state index contributed by atoms with van der Waals surface area (Å²) in [6, 6.07) is 1.66. The molecule has 7 heteroatoms. The molecule has 0 atom stereocenters. The highest BCUT2D eigenvalue weighted by atomic mass is 16.5. The highest BCUT2D eigenvalue weighted by molar-refractivity contribution is 5.98. The van der Waals surface area contributed by atoms with Gasteiger partial charge in [-0.3, -0.25) is 9.59 Å². The number of amides is 1. The summed E-state index contributed by atoms with van der Waals surface area (Å²) in [6.07, 6.45) is 2.74. The molecular weight excluding hydrogens is 274 g/mol. The lowest BCUT2D eigenvalue weighted by atomic mass is 10.1. The molecule has 0 aromatic carbocycles. The Hall–Kier alpha value is -2.44. The van der Waals surface area contributed by atoms with Crippen LogP contribution in [-0.4, -0.2) is 45.1 Å². The van der Waals surface area contributed by atoms with Crippen LogP contribution < -0.4 is 0 Å². The molecule has 0 spiro atoms. The Morgan fingerprint density at radius 2 is 2.14 bits per heavy atom. The van der Waals surface area contributed by atoms with E-state index in [1.807, 2.05) is 13.8 Å². The molecule has 21 heavy (non-hydrogen) atoms. The fraction of sp³-hybridized carbons (Fsp3) is 0.429. The lowest BCUT2D eigenvalue weighted by molar-refractivity contribution is -0.137. The van der Waals surface area contributed by atoms with Gasteiger partial charge < -0.3 is 14.5 Å². The molecule has 0 unspecified atom stereocenters. The van der Waals surface area contributed by atoms with Crippen LogP contribution in [0, 0.1) is 0 Å². The van der Waals surface area contributed by atoms with Gasteiger partial charge in [-0.1, -0.05) is 19.0 Å². The van der Waals surface area contributed by atoms with Gasteiger partial charge in [0.15, 0.2) is 0 Å². The number of carbonyl (C=O) groups excluding carboxylic acids is 1. The molecule has 0 aliphatic rings. The van der Waals surface area contributed by atoms with Gasteiger partial charge in [-0.2, -0.15) is 0 Å². The van der Waals surface area contributed by atoms with Crippen LogP contribution in [0.5, 0.6) is 0 Å². The normalized spacial score (nSPS) is 10.8. The molecule has 2 aromatic heterocycles. The van der Waals surface area contributed by atoms with Gasteiger partial charge in [0.25, 0.3) is 11.6 Å². The van der Waals surface area contributed by atoms with E-state index in [4.69, 9.17) is 9.63 Å². The summed E-state index contributed by atoms with van der Waals surface area (Å²) in [4.78, 5) is 28.6. The van der Waals surface area contributed by atoms with Crippen LogP contribution in [-0.2, 0) is 11.2 Å². The lowest BCUT2D eigenvalue weighted by Gasteiger charge is -2.19. The number of hydrogen-bond acceptors (Lipinski definition) is 5. The van der Waals surface area contributed by atoms with Gasteiger partial charge in [0, 0.05) is 12.7 Å². The Balaban J connectivity index is 2.34. The minimum Gasteiger partial charge on any atom is -0.480 e. The Kier molecular flexibility index (Phi) is 4.52. The number of aromatic nitrogens is 2. The third kappa shape index (κ3) is 3.18. The monoisotopic (exact) mass is 291 g/mol. The predicted octanol–water partition coefficient (Wildman–Crippen LogP) is 1.72. The molecule has 0 saturated carbocycles. The Labute approximate surface area is 121 Å². The predicted molar refractivity (Wildman–Crippen MR) is 75.0 cm³/mol. The average molecular weight is 291 g/mol. The van der Waals surface area contributed by atoms with Crippen molar-refractivity contribution in [3.8, 4) is 0 Å². The van der Waals surface area contributed by atoms with Gasteiger partial charge in [0.1, 0.15) is 6.54 Å². The SMILES string of the molecule is CCCN(CC(=O)O)C(=O)c1cnc2onc(CC)c2c1. The van der Waals surface area contributed by atoms with Crippen molar-refractivity contribution in [2.24, 2.45) is 0 Å². The zero-order valence-corrected chi connectivity index (χ0v) is 12.0. The van der Waals surface area contributed by atoms with Crippen molar-refractivity contribution in [2.45, 2.75) is 26.7 Å². The Morgan fingerprint density at radius 1 is 1.38 bits per heavy atom. The van der Waals surface area contributed by atoms with E-state index in [9.17, 15) is 9.59 Å². The first kappa shape index (κ1) is 15.0. The van der Waals surface area contributed by atoms with Crippen LogP contribution >= 0.6 is 0 Å². The summed E-state index contributed by atoms with van der Waals surface area (Å²) < 4.78 is 5.07. The molecule has 2 rings (SSSR count). The van der Waals surface area contributed by atoms with Crippen molar-refractivity contribution in [1.82, 2.24) is 15.0 Å². The van der Waals surface area contributed by atoms with Gasteiger partial charge in [0.2, 0.25) is 0 Å². The summed E-state index contributed by atoms with van der Waals surface area (Å²) >= 11 is 0. The number of fused-ring (bicyclic) bond motifs is 1. The van der Waals surface area contributed by atoms with Crippen LogP contribution in [0.25, 0.3) is 11.1 Å². The summed E-state index contributed by atoms with van der Waals surface area (Å²) in [5.41, 5.74) is 1.45. The number of carboxylic acids is 1. The molecule has 2 aromatic rings. The zero-order valence-electron chi connectivity index (χ0n) is 12.0. The third-order valence-corrected chi connectivity index (χ3v) is 3.09. The average Bonchev–Trinajstić information content (AvgIpc) is 2.87. The molecule has 0 fully saturated rings. The topological polar surface area (TPSA) is 96.5 Å². The molecule has 0 aliphatic carbocycles. The smallest absolute Gasteiger partial charge is 0.323 e. The second kappa shape index (κ2) is 6.34. The van der Waals surface area contributed by atoms with Crippen molar-refractivity contribution in [1.29, 1.82) is 0 Å². The molecule has 2 heterocycles. The third-order valence-electron chi connectivity index (χ3n) is 3.09. The summed E-state index contributed by atoms with van der Waals surface area (Å²) in [7, 11) is 0. The minimum absolute atomic E-state index is 0.324. The highest BCUT2D eigenvalue weighted by Gasteiger charge is 2.19. The van der Waals surface area contributed by atoms with Gasteiger partial charge >= 0.3 is 5.97 Å². The second-order valence-electron chi connectivity index (χ2n) is 4.68. The molecule has 1 N–H and O–H groups in total. The second-order valence-corrected chi connectivity index (χ2v) is 4.68. The number of carbonyl (C=O) groups is 2. The molecule has 0 saturated heterocycles. The fourth-order valence-corrected chi connectivity index (χ4v) is 2.12. The van der Waals surface area contributed by atoms with E-state index in [-0.39, 0.29) is 12.5 Å². The first-order valence-electron chi connectivity index (χ1n) is 6.82. The molecule has 0 aliphatic heterocycles. The summed E-state index contributed by atoms with van der Waals surface area (Å²) in [5.74, 6) is -1.39. The van der Waals surface area contributed by atoms with Crippen LogP contribution in [0.4, 0.5) is 0 Å². The standard InChI is InChI=1S/C14H17N3O4/c1-3-5-17(8-12(18)19)14(20)9-6-10-11(4-2)16-21-13(10)15-7-9/h6-7H,3-5,8H2,1-2H3,(H,18,19). The van der Waals surface area contributed by atoms with E-state index in [2.05, 4.69) is 10.1 Å². The summed E-state index contributed by atoms with van der Waals surface area (Å²) in [6.45, 7) is 3.88. The quantitative estimate of drug-likeness (QED) is 0.870. The Morgan fingerprint density at radius 3 is 2.76 bits per heavy atom. The number of rotatable bonds is 6. The molecule has 1 amide bonds. The number of carboxylic acid groups (broad SMARTS) is 1. The largest absolute Gasteiger partial charge is 0.480 e. The zero-order chi connectivity index (χ0) is 15.4. The van der Waals surface area contributed by atoms with Crippen LogP contribution in [0.2, 0.25) is 0 Å². The lowest BCUT2D eigenvalue weighted by Crippen LogP contribution is -2.36. The van der Waals surface area contributed by atoms with Crippen LogP contribution in [0.15, 0.2) is 16.8 Å². The van der Waals surface area contributed by atoms with Crippen LogP contribution in [0.1, 0.15) is 36.3 Å². The van der Waals surface area contributed by atoms with Crippen molar-refractivity contribution in [3.63, 3.8) is 0 Å². The molecular formula is C14H17N3O4. The maximum atomic E-state index is 12.4. The van der Waals surface area contributed by atoms with Crippen molar-refractivity contribution in [2.75, 3.05) is 13.1 Å². The first-order chi connectivity index (χ1) is 10.1.